The number of methoxy groups -OCH3 is 3. The molecule has 1 fully saturated rings. The zero-order valence-corrected chi connectivity index (χ0v) is 41.3. The molecule has 13 nitrogen and oxygen atoms in total. The highest BCUT2D eigenvalue weighted by atomic mass is 16.5. The van der Waals surface area contributed by atoms with Gasteiger partial charge in [0.05, 0.1) is 55.9 Å². The molecule has 0 bridgehead atoms. The van der Waals surface area contributed by atoms with E-state index in [9.17, 15) is 24.0 Å². The summed E-state index contributed by atoms with van der Waals surface area (Å²) in [5, 5.41) is 2.88. The fraction of sp³-hybridized carbons (Fsp3) is 0.667. The minimum absolute atomic E-state index is 0.00546. The molecule has 0 aromatic heterocycles. The molecule has 3 rings (SSSR count). The Kier molecular flexibility index (Phi) is 21.9. The maximum Gasteiger partial charge on any atom is 0.328 e. The van der Waals surface area contributed by atoms with Crippen molar-refractivity contribution in [3.8, 4) is 5.75 Å². The maximum absolute atomic E-state index is 14.7. The molecule has 0 radical (unpaired) electrons. The lowest BCUT2D eigenvalue weighted by Crippen LogP contribution is -2.55. The number of likely N-dealkylation sites (N-methyl/N-ethyl adjacent to an activating group) is 2. The van der Waals surface area contributed by atoms with Gasteiger partial charge in [-0.2, -0.15) is 0 Å². The lowest BCUT2D eigenvalue weighted by molar-refractivity contribution is -0.150. The zero-order valence-electron chi connectivity index (χ0n) is 41.3. The summed E-state index contributed by atoms with van der Waals surface area (Å²) >= 11 is 0. The van der Waals surface area contributed by atoms with Crippen molar-refractivity contribution in [1.82, 2.24) is 20.0 Å². The molecule has 0 aliphatic carbocycles. The molecule has 358 valence electrons. The number of benzene rings is 2. The Labute approximate surface area is 384 Å². The highest BCUT2D eigenvalue weighted by Crippen LogP contribution is 2.31. The number of nitrogens with zero attached hydrogens (tertiary/aromatic N) is 3. The van der Waals surface area contributed by atoms with Crippen LogP contribution in [0.3, 0.4) is 0 Å². The first kappa shape index (κ1) is 54.0. The summed E-state index contributed by atoms with van der Waals surface area (Å²) in [7, 11) is 8.13. The molecular formula is C51H80N4O9. The van der Waals surface area contributed by atoms with Crippen LogP contribution in [0, 0.1) is 29.6 Å². The van der Waals surface area contributed by atoms with E-state index < -0.39 is 54.2 Å². The normalized spacial score (nSPS) is 18.0. The summed E-state index contributed by atoms with van der Waals surface area (Å²) < 4.78 is 23.0. The average molecular weight is 893 g/mol. The topological polar surface area (TPSA) is 144 Å². The number of rotatable bonds is 26. The Hall–Kier alpha value is -4.33. The predicted molar refractivity (Wildman–Crippen MR) is 250 cm³/mol. The number of ketones is 1. The van der Waals surface area contributed by atoms with Gasteiger partial charge in [-0.15, -0.1) is 0 Å². The molecule has 0 unspecified atom stereocenters. The Morgan fingerprint density at radius 2 is 1.48 bits per heavy atom. The van der Waals surface area contributed by atoms with Crippen LogP contribution in [0.25, 0.3) is 0 Å². The van der Waals surface area contributed by atoms with Crippen molar-refractivity contribution >= 4 is 29.5 Å². The van der Waals surface area contributed by atoms with Crippen LogP contribution in [0.1, 0.15) is 106 Å². The van der Waals surface area contributed by atoms with E-state index in [1.807, 2.05) is 103 Å². The van der Waals surface area contributed by atoms with Crippen molar-refractivity contribution in [2.24, 2.45) is 29.6 Å². The molecule has 3 amide bonds. The molecule has 2 aromatic rings. The molecule has 9 atom stereocenters. The van der Waals surface area contributed by atoms with Crippen molar-refractivity contribution in [2.75, 3.05) is 42.0 Å². The smallest absolute Gasteiger partial charge is 0.328 e. The van der Waals surface area contributed by atoms with E-state index in [0.717, 1.165) is 29.7 Å². The van der Waals surface area contributed by atoms with Gasteiger partial charge < -0.3 is 34.1 Å². The van der Waals surface area contributed by atoms with Crippen molar-refractivity contribution in [3.05, 3.63) is 65.7 Å². The van der Waals surface area contributed by atoms with Gasteiger partial charge >= 0.3 is 5.97 Å². The Morgan fingerprint density at radius 1 is 0.828 bits per heavy atom. The van der Waals surface area contributed by atoms with Crippen LogP contribution in [-0.2, 0) is 51.1 Å². The molecule has 0 spiro atoms. The fourth-order valence-electron chi connectivity index (χ4n) is 9.50. The summed E-state index contributed by atoms with van der Waals surface area (Å²) in [4.78, 5) is 75.5. The number of likely N-dealkylation sites (tertiary alicyclic amines) is 1. The Bertz CT molecular complexity index is 1790. The summed E-state index contributed by atoms with van der Waals surface area (Å²) in [5.74, 6) is -1.89. The predicted octanol–water partition coefficient (Wildman–Crippen LogP) is 6.98. The SMILES string of the molecule is CC[C@H](C)[C@@H]([C@@H](CC(=O)N1CCC[C@H]1[C@H](OC)[C@@H](C)C(=O)N[C@@H](Cc1ccccc1)C(=O)OC)OC)N(C)C(=O)[C@@H](CC(=O)[C@H](C(C)C)N(C)Cc1cccc(OC(C)C)c1)C(C)C. The second-order valence-corrected chi connectivity index (χ2v) is 18.8. The molecule has 2 aromatic carbocycles. The van der Waals surface area contributed by atoms with Gasteiger partial charge in [-0.25, -0.2) is 4.79 Å². The number of ether oxygens (including phenoxy) is 4. The first-order chi connectivity index (χ1) is 30.3. The van der Waals surface area contributed by atoms with E-state index in [1.165, 1.54) is 14.2 Å². The van der Waals surface area contributed by atoms with Crippen molar-refractivity contribution < 1.29 is 42.9 Å². The van der Waals surface area contributed by atoms with Gasteiger partial charge in [0.1, 0.15) is 11.8 Å². The number of nitrogens with one attached hydrogen (secondary N) is 1. The molecule has 1 saturated heterocycles. The quantitative estimate of drug-likeness (QED) is 0.0983. The molecule has 1 aliphatic rings. The maximum atomic E-state index is 14.7. The third-order valence-corrected chi connectivity index (χ3v) is 13.0. The molecule has 0 saturated carbocycles. The second-order valence-electron chi connectivity index (χ2n) is 18.8. The van der Waals surface area contributed by atoms with Gasteiger partial charge in [0.25, 0.3) is 0 Å². The van der Waals surface area contributed by atoms with E-state index >= 15 is 0 Å². The fourth-order valence-corrected chi connectivity index (χ4v) is 9.50. The molecule has 1 aliphatic heterocycles. The standard InChI is InChI=1S/C51H80N4O9/c1-15-35(8)47(54(11)50(59)40(32(2)3)29-43(56)46(33(4)5)53(10)31-38-23-19-24-39(27-38)64-34(6)7)44(61-12)30-45(57)55-26-20-25-42(55)48(62-13)36(9)49(58)52-41(51(60)63-14)28-37-21-17-16-18-22-37/h16-19,21-24,27,32-36,40-42,44,46-48H,15,20,25-26,28-31H2,1-14H3,(H,52,58)/t35-,36+,40-,41-,42-,44+,46-,47-,48+/m0/s1. The monoisotopic (exact) mass is 893 g/mol. The molecule has 1 heterocycles. The molecule has 64 heavy (non-hydrogen) atoms. The Balaban J connectivity index is 1.79. The van der Waals surface area contributed by atoms with Crippen LogP contribution in [-0.4, -0.2) is 129 Å². The number of carbonyl (C=O) groups excluding carboxylic acids is 5. The van der Waals surface area contributed by atoms with Crippen LogP contribution in [0.15, 0.2) is 54.6 Å². The van der Waals surface area contributed by atoms with Crippen molar-refractivity contribution in [1.29, 1.82) is 0 Å². The van der Waals surface area contributed by atoms with Gasteiger partial charge in [0, 0.05) is 53.1 Å². The number of amides is 3. The van der Waals surface area contributed by atoms with Gasteiger partial charge in [-0.05, 0) is 74.8 Å². The highest BCUT2D eigenvalue weighted by molar-refractivity contribution is 5.90. The van der Waals surface area contributed by atoms with Crippen LogP contribution >= 0.6 is 0 Å². The molecular weight excluding hydrogens is 813 g/mol. The van der Waals surface area contributed by atoms with Crippen LogP contribution in [0.2, 0.25) is 0 Å². The highest BCUT2D eigenvalue weighted by Gasteiger charge is 2.43. The molecule has 1 N–H and O–H groups in total. The van der Waals surface area contributed by atoms with E-state index in [4.69, 9.17) is 18.9 Å². The summed E-state index contributed by atoms with van der Waals surface area (Å²) in [6.07, 6.45) is 1.19. The molecule has 13 heteroatoms. The van der Waals surface area contributed by atoms with Crippen LogP contribution < -0.4 is 10.1 Å². The minimum Gasteiger partial charge on any atom is -0.491 e. The minimum atomic E-state index is -0.897. The largest absolute Gasteiger partial charge is 0.491 e. The summed E-state index contributed by atoms with van der Waals surface area (Å²) in [6, 6.07) is 15.2. The van der Waals surface area contributed by atoms with Gasteiger partial charge in [-0.3, -0.25) is 24.1 Å². The number of hydrogen-bond donors (Lipinski definition) is 1. The van der Waals surface area contributed by atoms with E-state index in [1.54, 1.807) is 30.9 Å². The second kappa shape index (κ2) is 26.0. The van der Waals surface area contributed by atoms with Crippen molar-refractivity contribution in [3.63, 3.8) is 0 Å². The zero-order chi connectivity index (χ0) is 47.8. The third kappa shape index (κ3) is 14.9. The van der Waals surface area contributed by atoms with E-state index in [0.29, 0.717) is 19.5 Å². The lowest BCUT2D eigenvalue weighted by Gasteiger charge is -2.41. The van der Waals surface area contributed by atoms with E-state index in [-0.39, 0.29) is 66.6 Å². The van der Waals surface area contributed by atoms with Crippen LogP contribution in [0.4, 0.5) is 0 Å². The lowest BCUT2D eigenvalue weighted by atomic mass is 9.83. The number of hydrogen-bond acceptors (Lipinski definition) is 10. The first-order valence-electron chi connectivity index (χ1n) is 23.3. The average Bonchev–Trinajstić information content (AvgIpc) is 3.74. The number of Topliss-reactive ketones (excluding diaryl/α,β-unsaturated/α-hetero) is 1. The van der Waals surface area contributed by atoms with Gasteiger partial charge in [0.2, 0.25) is 17.7 Å². The summed E-state index contributed by atoms with van der Waals surface area (Å²) in [5.41, 5.74) is 1.91. The van der Waals surface area contributed by atoms with Gasteiger partial charge in [-0.1, -0.05) is 97.4 Å². The number of carbonyl (C=O) groups is 5. The van der Waals surface area contributed by atoms with Gasteiger partial charge in [0.15, 0.2) is 5.78 Å². The summed E-state index contributed by atoms with van der Waals surface area (Å²) in [6.45, 7) is 18.9. The third-order valence-electron chi connectivity index (χ3n) is 13.0. The number of esters is 1. The Morgan fingerprint density at radius 3 is 2.05 bits per heavy atom. The van der Waals surface area contributed by atoms with E-state index in [2.05, 4.69) is 24.1 Å². The van der Waals surface area contributed by atoms with Crippen LogP contribution in [0.5, 0.6) is 5.75 Å². The first-order valence-corrected chi connectivity index (χ1v) is 23.3. The van der Waals surface area contributed by atoms with Crippen molar-refractivity contribution in [2.45, 2.75) is 150 Å².